The maximum Gasteiger partial charge on any atom is 0.277 e. The van der Waals surface area contributed by atoms with Crippen molar-refractivity contribution in [1.29, 1.82) is 0 Å². The van der Waals surface area contributed by atoms with Crippen LogP contribution in [0.2, 0.25) is 0 Å². The molecule has 104 valence electrons. The molecule has 0 heterocycles. The highest BCUT2D eigenvalue weighted by atomic mass is 35.5. The van der Waals surface area contributed by atoms with Gasteiger partial charge in [0.15, 0.2) is 0 Å². The number of rotatable bonds is 6. The van der Waals surface area contributed by atoms with E-state index in [9.17, 15) is 22.0 Å². The Morgan fingerprint density at radius 1 is 1.47 bits per heavy atom. The van der Waals surface area contributed by atoms with Gasteiger partial charge in [0, 0.05) is 7.05 Å². The third-order valence-corrected chi connectivity index (χ3v) is 3.04. The van der Waals surface area contributed by atoms with Crippen molar-refractivity contribution in [2.24, 2.45) is 5.73 Å². The van der Waals surface area contributed by atoms with Crippen LogP contribution in [0, 0.1) is 0 Å². The number of nitrogens with zero attached hydrogens (tertiary/aromatic N) is 1. The molecular weight excluding hydrogens is 280 g/mol. The number of hydrogen-bond acceptors (Lipinski definition) is 4. The molecule has 0 atom stereocenters. The molecule has 0 unspecified atom stereocenters. The van der Waals surface area contributed by atoms with Gasteiger partial charge in [0.25, 0.3) is 5.92 Å². The van der Waals surface area contributed by atoms with Gasteiger partial charge in [-0.1, -0.05) is 0 Å². The Morgan fingerprint density at radius 3 is 2.29 bits per heavy atom. The topological polar surface area (TPSA) is 92.5 Å². The fraction of sp³-hybridized carbons (Fsp3) is 0.857. The number of likely N-dealkylation sites (N-methyl/N-ethyl adjacent to an activating group) is 1. The van der Waals surface area contributed by atoms with Crippen LogP contribution in [0.3, 0.4) is 0 Å². The molecule has 17 heavy (non-hydrogen) atoms. The molecule has 0 aromatic rings. The molecule has 3 N–H and O–H groups in total. The monoisotopic (exact) mass is 295 g/mol. The van der Waals surface area contributed by atoms with E-state index in [1.54, 1.807) is 0 Å². The predicted molar refractivity (Wildman–Crippen MR) is 61.7 cm³/mol. The van der Waals surface area contributed by atoms with Crippen LogP contribution < -0.4 is 11.1 Å². The van der Waals surface area contributed by atoms with Crippen molar-refractivity contribution in [2.45, 2.75) is 5.92 Å². The highest BCUT2D eigenvalue weighted by Crippen LogP contribution is 2.08. The van der Waals surface area contributed by atoms with Crippen LogP contribution in [0.15, 0.2) is 0 Å². The molecule has 0 bridgehead atoms. The Kier molecular flexibility index (Phi) is 7.81. The summed E-state index contributed by atoms with van der Waals surface area (Å²) in [6.07, 6.45) is 0.911. The molecule has 1 amide bonds. The number of alkyl halides is 2. The minimum absolute atomic E-state index is 0. The molecule has 0 aromatic carbocycles. The largest absolute Gasteiger partial charge is 0.349 e. The molecule has 0 aliphatic carbocycles. The summed E-state index contributed by atoms with van der Waals surface area (Å²) in [5.74, 6) is -3.99. The summed E-state index contributed by atoms with van der Waals surface area (Å²) in [5.41, 5.74) is 4.76. The van der Waals surface area contributed by atoms with Gasteiger partial charge in [-0.05, 0) is 0 Å². The predicted octanol–water partition coefficient (Wildman–Crippen LogP) is -0.990. The van der Waals surface area contributed by atoms with E-state index in [4.69, 9.17) is 5.73 Å². The van der Waals surface area contributed by atoms with Crippen LogP contribution in [-0.2, 0) is 14.8 Å². The van der Waals surface area contributed by atoms with Gasteiger partial charge in [0.1, 0.15) is 0 Å². The zero-order chi connectivity index (χ0) is 13.0. The number of hydrogen-bond donors (Lipinski definition) is 2. The number of amides is 1. The molecule has 0 saturated carbocycles. The first-order chi connectivity index (χ1) is 7.08. The number of nitrogens with one attached hydrogen (secondary N) is 1. The van der Waals surface area contributed by atoms with Crippen molar-refractivity contribution in [2.75, 3.05) is 32.9 Å². The van der Waals surface area contributed by atoms with Crippen LogP contribution in [0.5, 0.6) is 0 Å². The maximum absolute atomic E-state index is 12.6. The average molecular weight is 296 g/mol. The van der Waals surface area contributed by atoms with Crippen molar-refractivity contribution < 1.29 is 22.0 Å². The molecule has 0 spiro atoms. The van der Waals surface area contributed by atoms with Gasteiger partial charge >= 0.3 is 0 Å². The summed E-state index contributed by atoms with van der Waals surface area (Å²) in [4.78, 5) is 11.1. The van der Waals surface area contributed by atoms with Crippen molar-refractivity contribution in [3.63, 3.8) is 0 Å². The molecule has 0 saturated heterocycles. The number of halogens is 3. The van der Waals surface area contributed by atoms with E-state index >= 15 is 0 Å². The van der Waals surface area contributed by atoms with E-state index in [0.29, 0.717) is 0 Å². The Balaban J connectivity index is 0. The first-order valence-corrected chi connectivity index (χ1v) is 6.19. The zero-order valence-corrected chi connectivity index (χ0v) is 11.1. The molecule has 0 aliphatic heterocycles. The third-order valence-electron chi connectivity index (χ3n) is 1.78. The van der Waals surface area contributed by atoms with Crippen molar-refractivity contribution in [3.8, 4) is 0 Å². The lowest BCUT2D eigenvalue weighted by Crippen LogP contribution is -2.45. The normalized spacial score (nSPS) is 12.1. The van der Waals surface area contributed by atoms with E-state index < -0.39 is 41.5 Å². The number of carbonyl (C=O) groups excluding carboxylic acids is 1. The van der Waals surface area contributed by atoms with Crippen LogP contribution in [0.4, 0.5) is 8.78 Å². The summed E-state index contributed by atoms with van der Waals surface area (Å²) in [6.45, 7) is -2.28. The van der Waals surface area contributed by atoms with Gasteiger partial charge in [-0.25, -0.2) is 17.2 Å². The minimum atomic E-state index is -3.50. The van der Waals surface area contributed by atoms with E-state index in [2.05, 4.69) is 0 Å². The summed E-state index contributed by atoms with van der Waals surface area (Å²) >= 11 is 0. The lowest BCUT2D eigenvalue weighted by Gasteiger charge is -2.17. The quantitative estimate of drug-likeness (QED) is 0.658. The Morgan fingerprint density at radius 2 is 1.94 bits per heavy atom. The SMILES string of the molecule is CN(CC(=O)NCC(F)(F)CN)S(C)(=O)=O.Cl. The molecular formula is C7H16ClF2N3O3S. The highest BCUT2D eigenvalue weighted by Gasteiger charge is 2.27. The second-order valence-corrected chi connectivity index (χ2v) is 5.45. The molecule has 0 aromatic heterocycles. The zero-order valence-electron chi connectivity index (χ0n) is 9.44. The van der Waals surface area contributed by atoms with E-state index in [0.717, 1.165) is 10.6 Å². The fourth-order valence-corrected chi connectivity index (χ4v) is 1.03. The number of carbonyl (C=O) groups is 1. The third kappa shape index (κ3) is 8.25. The molecule has 0 radical (unpaired) electrons. The van der Waals surface area contributed by atoms with Gasteiger partial charge in [0.2, 0.25) is 15.9 Å². The highest BCUT2D eigenvalue weighted by molar-refractivity contribution is 7.88. The molecule has 0 fully saturated rings. The minimum Gasteiger partial charge on any atom is -0.349 e. The van der Waals surface area contributed by atoms with Gasteiger partial charge in [-0.15, -0.1) is 12.4 Å². The average Bonchev–Trinajstić information content (AvgIpc) is 2.13. The maximum atomic E-state index is 12.6. The van der Waals surface area contributed by atoms with Crippen LogP contribution in [0.1, 0.15) is 0 Å². The van der Waals surface area contributed by atoms with Crippen LogP contribution >= 0.6 is 12.4 Å². The Labute approximate surface area is 105 Å². The summed E-state index contributed by atoms with van der Waals surface area (Å²) in [7, 11) is -2.32. The van der Waals surface area contributed by atoms with Crippen LogP contribution in [0.25, 0.3) is 0 Å². The smallest absolute Gasteiger partial charge is 0.277 e. The van der Waals surface area contributed by atoms with Gasteiger partial charge < -0.3 is 11.1 Å². The summed E-state index contributed by atoms with van der Waals surface area (Å²) in [6, 6.07) is 0. The first-order valence-electron chi connectivity index (χ1n) is 4.34. The Hall–Kier alpha value is -0.510. The number of sulfonamides is 1. The summed E-state index contributed by atoms with van der Waals surface area (Å²) in [5, 5.41) is 1.90. The molecule has 10 heteroatoms. The Bertz CT molecular complexity index is 350. The van der Waals surface area contributed by atoms with Crippen molar-refractivity contribution in [1.82, 2.24) is 9.62 Å². The first kappa shape index (κ1) is 18.8. The van der Waals surface area contributed by atoms with Gasteiger partial charge in [0.05, 0.1) is 25.9 Å². The van der Waals surface area contributed by atoms with Gasteiger partial charge in [-0.2, -0.15) is 4.31 Å². The van der Waals surface area contributed by atoms with E-state index in [-0.39, 0.29) is 12.4 Å². The van der Waals surface area contributed by atoms with E-state index in [1.807, 2.05) is 5.32 Å². The van der Waals surface area contributed by atoms with Crippen LogP contribution in [-0.4, -0.2) is 57.5 Å². The fourth-order valence-electron chi connectivity index (χ4n) is 0.675. The lowest BCUT2D eigenvalue weighted by atomic mass is 10.3. The van der Waals surface area contributed by atoms with E-state index in [1.165, 1.54) is 7.05 Å². The standard InChI is InChI=1S/C7H15F2N3O3S.ClH/c1-12(16(2,14)15)3-6(13)11-5-7(8,9)4-10;/h3-5,10H2,1-2H3,(H,11,13);1H. The molecule has 6 nitrogen and oxygen atoms in total. The summed E-state index contributed by atoms with van der Waals surface area (Å²) < 4.78 is 47.8. The molecule has 0 aliphatic rings. The second kappa shape index (κ2) is 7.04. The van der Waals surface area contributed by atoms with Gasteiger partial charge in [-0.3, -0.25) is 4.79 Å². The number of nitrogens with two attached hydrogens (primary N) is 1. The second-order valence-electron chi connectivity index (χ2n) is 3.36. The molecule has 0 rings (SSSR count). The van der Waals surface area contributed by atoms with Crippen molar-refractivity contribution >= 4 is 28.3 Å². The van der Waals surface area contributed by atoms with Crippen molar-refractivity contribution in [3.05, 3.63) is 0 Å². The lowest BCUT2D eigenvalue weighted by molar-refractivity contribution is -0.122.